The first-order chi connectivity index (χ1) is 15.5. The van der Waals surface area contributed by atoms with Gasteiger partial charge in [-0.25, -0.2) is 9.59 Å². The van der Waals surface area contributed by atoms with Crippen LogP contribution in [-0.4, -0.2) is 34.9 Å². The molecule has 6 nitrogen and oxygen atoms in total. The van der Waals surface area contributed by atoms with E-state index in [9.17, 15) is 19.8 Å². The van der Waals surface area contributed by atoms with Crippen molar-refractivity contribution < 1.29 is 24.5 Å². The van der Waals surface area contributed by atoms with Crippen LogP contribution in [0.4, 0.5) is 4.79 Å². The third kappa shape index (κ3) is 4.75. The molecule has 0 heterocycles. The average molecular weight is 431 g/mol. The number of carbonyl (C=O) groups excluding carboxylic acids is 1. The van der Waals surface area contributed by atoms with E-state index in [1.165, 1.54) is 0 Å². The molecule has 0 radical (unpaired) electrons. The maximum atomic E-state index is 12.4. The van der Waals surface area contributed by atoms with Crippen LogP contribution in [0.3, 0.4) is 0 Å². The Morgan fingerprint density at radius 2 is 1.50 bits per heavy atom. The van der Waals surface area contributed by atoms with Crippen molar-refractivity contribution in [1.29, 1.82) is 0 Å². The summed E-state index contributed by atoms with van der Waals surface area (Å²) < 4.78 is 5.46. The number of hydrogen-bond donors (Lipinski definition) is 3. The lowest BCUT2D eigenvalue weighted by atomic mass is 9.98. The first-order valence-corrected chi connectivity index (χ1v) is 10.6. The van der Waals surface area contributed by atoms with E-state index in [0.29, 0.717) is 12.8 Å². The van der Waals surface area contributed by atoms with Gasteiger partial charge in [0, 0.05) is 5.92 Å². The molecule has 164 valence electrons. The van der Waals surface area contributed by atoms with Gasteiger partial charge in [0.1, 0.15) is 18.4 Å². The highest BCUT2D eigenvalue weighted by Crippen LogP contribution is 2.44. The van der Waals surface area contributed by atoms with E-state index in [-0.39, 0.29) is 24.7 Å². The van der Waals surface area contributed by atoms with Gasteiger partial charge < -0.3 is 20.3 Å². The molecule has 1 aliphatic rings. The molecule has 0 saturated carbocycles. The number of alkyl carbamates (subject to hydrolysis) is 1. The molecule has 0 aromatic heterocycles. The van der Waals surface area contributed by atoms with E-state index in [2.05, 4.69) is 17.4 Å². The number of carboxylic acid groups (broad SMARTS) is 1. The van der Waals surface area contributed by atoms with Crippen LogP contribution >= 0.6 is 0 Å². The van der Waals surface area contributed by atoms with Crippen molar-refractivity contribution in [2.45, 2.75) is 31.2 Å². The lowest BCUT2D eigenvalue weighted by Gasteiger charge is -2.17. The molecular formula is C26H25NO5. The number of aliphatic carboxylic acids is 1. The minimum atomic E-state index is -1.09. The largest absolute Gasteiger partial charge is 0.508 e. The Balaban J connectivity index is 1.33. The predicted molar refractivity (Wildman–Crippen MR) is 121 cm³/mol. The van der Waals surface area contributed by atoms with E-state index in [1.54, 1.807) is 24.3 Å². The molecule has 1 amide bonds. The molecule has 1 atom stereocenters. The van der Waals surface area contributed by atoms with Gasteiger partial charge in [0.15, 0.2) is 0 Å². The Morgan fingerprint density at radius 3 is 2.09 bits per heavy atom. The Morgan fingerprint density at radius 1 is 0.906 bits per heavy atom. The van der Waals surface area contributed by atoms with Crippen molar-refractivity contribution in [2.24, 2.45) is 0 Å². The van der Waals surface area contributed by atoms with Crippen LogP contribution in [0.1, 0.15) is 35.4 Å². The lowest BCUT2D eigenvalue weighted by Crippen LogP contribution is -2.41. The summed E-state index contributed by atoms with van der Waals surface area (Å²) in [5, 5.41) is 21.3. The van der Waals surface area contributed by atoms with E-state index >= 15 is 0 Å². The molecule has 3 aromatic rings. The van der Waals surface area contributed by atoms with Crippen LogP contribution in [0.15, 0.2) is 72.8 Å². The smallest absolute Gasteiger partial charge is 0.407 e. The maximum Gasteiger partial charge on any atom is 0.407 e. The van der Waals surface area contributed by atoms with E-state index in [0.717, 1.165) is 27.8 Å². The van der Waals surface area contributed by atoms with Crippen molar-refractivity contribution in [3.8, 4) is 16.9 Å². The predicted octanol–water partition coefficient (Wildman–Crippen LogP) is 4.71. The molecule has 3 aromatic carbocycles. The molecular weight excluding hydrogens is 406 g/mol. The van der Waals surface area contributed by atoms with Gasteiger partial charge in [-0.1, -0.05) is 60.7 Å². The number of fused-ring (bicyclic) bond motifs is 3. The quantitative estimate of drug-likeness (QED) is 0.480. The standard InChI is InChI=1S/C26H25NO5/c28-18-14-12-17(13-15-18)6-5-11-24(25(29)30)27-26(31)32-16-23-21-9-3-1-7-19(21)20-8-2-4-10-22(20)23/h1-4,7-10,12-15,23-24,28H,5-6,11,16H2,(H,27,31)(H,29,30)/t24-/m0/s1. The molecule has 4 rings (SSSR count). The number of hydrogen-bond acceptors (Lipinski definition) is 4. The lowest BCUT2D eigenvalue weighted by molar-refractivity contribution is -0.139. The molecule has 3 N–H and O–H groups in total. The van der Waals surface area contributed by atoms with Gasteiger partial charge in [-0.3, -0.25) is 0 Å². The van der Waals surface area contributed by atoms with Crippen molar-refractivity contribution in [2.75, 3.05) is 6.61 Å². The van der Waals surface area contributed by atoms with Crippen LogP contribution in [0.5, 0.6) is 5.75 Å². The SMILES string of the molecule is O=C(N[C@@H](CCCc1ccc(O)cc1)C(=O)O)OCC1c2ccccc2-c2ccccc21. The molecule has 0 unspecified atom stereocenters. The fourth-order valence-electron chi connectivity index (χ4n) is 4.21. The Hall–Kier alpha value is -3.80. The number of aromatic hydroxyl groups is 1. The summed E-state index contributed by atoms with van der Waals surface area (Å²) in [7, 11) is 0. The average Bonchev–Trinajstić information content (AvgIpc) is 3.12. The summed E-state index contributed by atoms with van der Waals surface area (Å²) in [6, 6.07) is 21.8. The van der Waals surface area contributed by atoms with E-state index in [1.807, 2.05) is 36.4 Å². The number of phenolic OH excluding ortho intramolecular Hbond substituents is 1. The molecule has 0 saturated heterocycles. The van der Waals surface area contributed by atoms with E-state index in [4.69, 9.17) is 4.74 Å². The van der Waals surface area contributed by atoms with Crippen LogP contribution in [0, 0.1) is 0 Å². The second-order valence-corrected chi connectivity index (χ2v) is 7.92. The van der Waals surface area contributed by atoms with Crippen molar-refractivity contribution in [3.05, 3.63) is 89.5 Å². The van der Waals surface area contributed by atoms with Crippen molar-refractivity contribution >= 4 is 12.1 Å². The third-order valence-electron chi connectivity index (χ3n) is 5.83. The van der Waals surface area contributed by atoms with Gasteiger partial charge in [-0.15, -0.1) is 0 Å². The molecule has 0 aliphatic heterocycles. The molecule has 6 heteroatoms. The second kappa shape index (κ2) is 9.56. The zero-order valence-electron chi connectivity index (χ0n) is 17.5. The number of phenols is 1. The molecule has 0 spiro atoms. The summed E-state index contributed by atoms with van der Waals surface area (Å²) in [5.41, 5.74) is 5.47. The number of amides is 1. The number of aryl methyl sites for hydroxylation is 1. The van der Waals surface area contributed by atoms with E-state index < -0.39 is 18.1 Å². The van der Waals surface area contributed by atoms with Crippen LogP contribution in [0.25, 0.3) is 11.1 Å². The second-order valence-electron chi connectivity index (χ2n) is 7.92. The van der Waals surface area contributed by atoms with Gasteiger partial charge in [0.25, 0.3) is 0 Å². The summed E-state index contributed by atoms with van der Waals surface area (Å²) in [6.45, 7) is 0.139. The van der Waals surface area contributed by atoms with Crippen LogP contribution < -0.4 is 5.32 Å². The number of rotatable bonds is 8. The molecule has 0 bridgehead atoms. The normalized spacial score (nSPS) is 13.1. The number of carboxylic acids is 1. The monoisotopic (exact) mass is 431 g/mol. The fraction of sp³-hybridized carbons (Fsp3) is 0.231. The Labute approximate surface area is 186 Å². The Bertz CT molecular complexity index is 1060. The van der Waals surface area contributed by atoms with Crippen LogP contribution in [-0.2, 0) is 16.0 Å². The highest BCUT2D eigenvalue weighted by molar-refractivity contribution is 5.81. The minimum Gasteiger partial charge on any atom is -0.508 e. The Kier molecular flexibility index (Phi) is 6.40. The topological polar surface area (TPSA) is 95.9 Å². The van der Waals surface area contributed by atoms with Gasteiger partial charge in [-0.2, -0.15) is 0 Å². The van der Waals surface area contributed by atoms with Gasteiger partial charge >= 0.3 is 12.1 Å². The van der Waals surface area contributed by atoms with Crippen molar-refractivity contribution in [3.63, 3.8) is 0 Å². The maximum absolute atomic E-state index is 12.4. The zero-order chi connectivity index (χ0) is 22.5. The summed E-state index contributed by atoms with van der Waals surface area (Å²) in [5.74, 6) is -0.982. The fourth-order valence-corrected chi connectivity index (χ4v) is 4.21. The molecule has 0 fully saturated rings. The number of benzene rings is 3. The summed E-state index contributed by atoms with van der Waals surface area (Å²) >= 11 is 0. The first kappa shape index (κ1) is 21.4. The van der Waals surface area contributed by atoms with Gasteiger partial charge in [0.2, 0.25) is 0 Å². The van der Waals surface area contributed by atoms with Gasteiger partial charge in [0.05, 0.1) is 0 Å². The zero-order valence-corrected chi connectivity index (χ0v) is 17.5. The number of carbonyl (C=O) groups is 2. The summed E-state index contributed by atoms with van der Waals surface area (Å²) in [4.78, 5) is 24.0. The first-order valence-electron chi connectivity index (χ1n) is 10.6. The minimum absolute atomic E-state index is 0.0778. The molecule has 1 aliphatic carbocycles. The highest BCUT2D eigenvalue weighted by atomic mass is 16.5. The number of ether oxygens (including phenoxy) is 1. The highest BCUT2D eigenvalue weighted by Gasteiger charge is 2.29. The van der Waals surface area contributed by atoms with Gasteiger partial charge in [-0.05, 0) is 59.2 Å². The number of nitrogens with one attached hydrogen (secondary N) is 1. The summed E-state index contributed by atoms with van der Waals surface area (Å²) in [6.07, 6.45) is 0.770. The third-order valence-corrected chi connectivity index (χ3v) is 5.83. The molecule has 32 heavy (non-hydrogen) atoms. The van der Waals surface area contributed by atoms with Crippen LogP contribution in [0.2, 0.25) is 0 Å². The van der Waals surface area contributed by atoms with Crippen molar-refractivity contribution in [1.82, 2.24) is 5.32 Å².